The number of alkyl carbamates (subject to hydrolysis) is 1. The number of nitrogens with zero attached hydrogens (tertiary/aromatic N) is 1. The van der Waals surface area contributed by atoms with Crippen molar-refractivity contribution in [1.82, 2.24) is 15.5 Å². The van der Waals surface area contributed by atoms with Crippen LogP contribution in [-0.2, 0) is 30.3 Å². The molecule has 0 spiro atoms. The maximum Gasteiger partial charge on any atom is 0.408 e. The smallest absolute Gasteiger partial charge is 0.408 e. The molecule has 3 atom stereocenters. The van der Waals surface area contributed by atoms with Gasteiger partial charge in [0.2, 0.25) is 11.8 Å². The van der Waals surface area contributed by atoms with Gasteiger partial charge in [0.1, 0.15) is 35.1 Å². The molecule has 0 radical (unpaired) electrons. The minimum Gasteiger partial charge on any atom is -0.508 e. The number of aliphatic hydroxyl groups excluding tert-OH is 1. The number of phenolic OH excluding ortho intramolecular Hbond substituents is 1. The Hall–Kier alpha value is -4.12. The SMILES string of the molecule is CCN(C(=O)C(CO)NC(=O)OC(C)(C)C)C(C(=O)NC(Cc1ccccc1)C(=O)OC(C)(C)C)c1ccc(O)c(C)c1. The lowest BCUT2D eigenvalue weighted by atomic mass is 9.99. The first-order valence-corrected chi connectivity index (χ1v) is 14.2. The molecule has 3 unspecified atom stereocenters. The summed E-state index contributed by atoms with van der Waals surface area (Å²) in [5.74, 6) is -2.10. The standard InChI is InChI=1S/C32H45N3O8/c1-9-35(28(39)24(19-36)34-30(41)43-32(6,7)8)26(22-15-16-25(37)20(2)17-22)27(38)33-23(29(40)42-31(3,4)5)18-21-13-11-10-12-14-21/h10-17,23-24,26,36-37H,9,18-19H2,1-8H3,(H,33,38)(H,34,41). The molecule has 0 heterocycles. The molecule has 0 saturated heterocycles. The van der Waals surface area contributed by atoms with Crippen LogP contribution in [0.2, 0.25) is 0 Å². The monoisotopic (exact) mass is 599 g/mol. The van der Waals surface area contributed by atoms with Crippen LogP contribution in [-0.4, -0.2) is 75.4 Å². The molecule has 4 N–H and O–H groups in total. The molecule has 0 aliphatic carbocycles. The molecule has 11 heteroatoms. The van der Waals surface area contributed by atoms with Gasteiger partial charge in [-0.1, -0.05) is 36.4 Å². The van der Waals surface area contributed by atoms with Crippen LogP contribution in [0.3, 0.4) is 0 Å². The van der Waals surface area contributed by atoms with Gasteiger partial charge in [0.25, 0.3) is 0 Å². The van der Waals surface area contributed by atoms with E-state index >= 15 is 0 Å². The van der Waals surface area contributed by atoms with Crippen LogP contribution in [0.1, 0.15) is 71.2 Å². The van der Waals surface area contributed by atoms with Gasteiger partial charge >= 0.3 is 12.1 Å². The summed E-state index contributed by atoms with van der Waals surface area (Å²) >= 11 is 0. The first kappa shape index (κ1) is 35.1. The maximum absolute atomic E-state index is 14.1. The lowest BCUT2D eigenvalue weighted by molar-refractivity contribution is -0.159. The number of rotatable bonds is 11. The number of amides is 3. The van der Waals surface area contributed by atoms with Crippen molar-refractivity contribution in [3.8, 4) is 5.75 Å². The Bertz CT molecular complexity index is 1270. The lowest BCUT2D eigenvalue weighted by Gasteiger charge is -2.34. The van der Waals surface area contributed by atoms with Crippen molar-refractivity contribution in [3.63, 3.8) is 0 Å². The molecule has 2 rings (SSSR count). The van der Waals surface area contributed by atoms with E-state index in [-0.39, 0.29) is 18.7 Å². The number of nitrogens with one attached hydrogen (secondary N) is 2. The molecule has 2 aromatic rings. The highest BCUT2D eigenvalue weighted by Gasteiger charge is 2.37. The quantitative estimate of drug-likeness (QED) is 0.286. The van der Waals surface area contributed by atoms with Gasteiger partial charge in [-0.2, -0.15) is 0 Å². The van der Waals surface area contributed by atoms with Crippen LogP contribution < -0.4 is 10.6 Å². The zero-order chi connectivity index (χ0) is 32.5. The molecule has 3 amide bonds. The van der Waals surface area contributed by atoms with Crippen molar-refractivity contribution < 1.29 is 38.9 Å². The third kappa shape index (κ3) is 10.9. The highest BCUT2D eigenvalue weighted by Crippen LogP contribution is 2.27. The fourth-order valence-corrected chi connectivity index (χ4v) is 4.29. The summed E-state index contributed by atoms with van der Waals surface area (Å²) in [6.45, 7) is 12.7. The van der Waals surface area contributed by atoms with E-state index in [4.69, 9.17) is 9.47 Å². The molecule has 0 aromatic heterocycles. The number of hydrogen-bond acceptors (Lipinski definition) is 8. The summed E-state index contributed by atoms with van der Waals surface area (Å²) in [5.41, 5.74) is -0.0888. The summed E-state index contributed by atoms with van der Waals surface area (Å²) in [6.07, 6.45) is -0.784. The molecule has 0 aliphatic rings. The predicted molar refractivity (Wildman–Crippen MR) is 161 cm³/mol. The number of ether oxygens (including phenoxy) is 2. The van der Waals surface area contributed by atoms with Gasteiger partial charge in [-0.25, -0.2) is 9.59 Å². The van der Waals surface area contributed by atoms with E-state index < -0.39 is 59.8 Å². The zero-order valence-electron chi connectivity index (χ0n) is 26.3. The molecule has 0 aliphatic heterocycles. The summed E-state index contributed by atoms with van der Waals surface area (Å²) in [5, 5.41) is 25.3. The van der Waals surface area contributed by atoms with Crippen LogP contribution in [0.15, 0.2) is 48.5 Å². The molecule has 43 heavy (non-hydrogen) atoms. The fourth-order valence-electron chi connectivity index (χ4n) is 4.29. The molecule has 0 bridgehead atoms. The van der Waals surface area contributed by atoms with Crippen LogP contribution in [0.25, 0.3) is 0 Å². The highest BCUT2D eigenvalue weighted by molar-refractivity contribution is 5.94. The minimum atomic E-state index is -1.42. The lowest BCUT2D eigenvalue weighted by Crippen LogP contribution is -2.55. The van der Waals surface area contributed by atoms with Gasteiger partial charge < -0.3 is 35.2 Å². The molecule has 0 saturated carbocycles. The predicted octanol–water partition coefficient (Wildman–Crippen LogP) is 3.55. The molecular weight excluding hydrogens is 554 g/mol. The molecule has 0 fully saturated rings. The Morgan fingerprint density at radius 1 is 0.884 bits per heavy atom. The van der Waals surface area contributed by atoms with Gasteiger partial charge in [0.05, 0.1) is 6.61 Å². The normalized spacial score (nSPS) is 13.7. The molecule has 11 nitrogen and oxygen atoms in total. The number of aryl methyl sites for hydroxylation is 1. The topological polar surface area (TPSA) is 154 Å². The Morgan fingerprint density at radius 2 is 1.49 bits per heavy atom. The van der Waals surface area contributed by atoms with E-state index in [1.54, 1.807) is 61.5 Å². The Balaban J connectivity index is 2.51. The molecular formula is C32H45N3O8. The van der Waals surface area contributed by atoms with E-state index in [0.717, 1.165) is 5.56 Å². The van der Waals surface area contributed by atoms with Crippen LogP contribution >= 0.6 is 0 Å². The maximum atomic E-state index is 14.1. The van der Waals surface area contributed by atoms with Crippen molar-refractivity contribution in [2.24, 2.45) is 0 Å². The van der Waals surface area contributed by atoms with Crippen LogP contribution in [0.4, 0.5) is 4.79 Å². The number of carbonyl (C=O) groups excluding carboxylic acids is 4. The van der Waals surface area contributed by atoms with Gasteiger partial charge in [0.15, 0.2) is 0 Å². The van der Waals surface area contributed by atoms with Crippen molar-refractivity contribution >= 4 is 23.9 Å². The van der Waals surface area contributed by atoms with E-state index in [1.165, 1.54) is 17.0 Å². The van der Waals surface area contributed by atoms with E-state index in [0.29, 0.717) is 11.1 Å². The number of likely N-dealkylation sites (N-methyl/N-ethyl adjacent to an activating group) is 1. The fraction of sp³-hybridized carbons (Fsp3) is 0.500. The number of esters is 1. The Labute approximate surface area is 253 Å². The minimum absolute atomic E-state index is 0.000861. The largest absolute Gasteiger partial charge is 0.508 e. The summed E-state index contributed by atoms with van der Waals surface area (Å²) < 4.78 is 10.8. The van der Waals surface area contributed by atoms with Crippen molar-refractivity contribution in [2.45, 2.75) is 91.1 Å². The second-order valence-corrected chi connectivity index (χ2v) is 12.2. The van der Waals surface area contributed by atoms with Crippen molar-refractivity contribution in [2.75, 3.05) is 13.2 Å². The van der Waals surface area contributed by atoms with Gasteiger partial charge in [-0.3, -0.25) is 9.59 Å². The second kappa shape index (κ2) is 14.9. The van der Waals surface area contributed by atoms with Crippen molar-refractivity contribution in [3.05, 3.63) is 65.2 Å². The summed E-state index contributed by atoms with van der Waals surface area (Å²) in [6, 6.07) is 9.74. The summed E-state index contributed by atoms with van der Waals surface area (Å²) in [7, 11) is 0. The van der Waals surface area contributed by atoms with Crippen LogP contribution in [0, 0.1) is 6.92 Å². The number of phenols is 1. The van der Waals surface area contributed by atoms with E-state index in [1.807, 2.05) is 30.3 Å². The Kier molecular flexibility index (Phi) is 12.1. The average Bonchev–Trinajstić information content (AvgIpc) is 2.89. The number of carbonyl (C=O) groups is 4. The zero-order valence-corrected chi connectivity index (χ0v) is 26.3. The van der Waals surface area contributed by atoms with Crippen LogP contribution in [0.5, 0.6) is 5.75 Å². The molecule has 236 valence electrons. The van der Waals surface area contributed by atoms with Gasteiger partial charge in [0, 0.05) is 13.0 Å². The number of benzene rings is 2. The van der Waals surface area contributed by atoms with E-state index in [9.17, 15) is 29.4 Å². The summed E-state index contributed by atoms with van der Waals surface area (Å²) in [4.78, 5) is 54.7. The number of hydrogen-bond donors (Lipinski definition) is 4. The van der Waals surface area contributed by atoms with Gasteiger partial charge in [-0.05, 0) is 84.2 Å². The first-order valence-electron chi connectivity index (χ1n) is 14.2. The highest BCUT2D eigenvalue weighted by atomic mass is 16.6. The second-order valence-electron chi connectivity index (χ2n) is 12.2. The molecule has 2 aromatic carbocycles. The Morgan fingerprint density at radius 3 is 2.00 bits per heavy atom. The van der Waals surface area contributed by atoms with E-state index in [2.05, 4.69) is 10.6 Å². The first-order chi connectivity index (χ1) is 20.0. The number of aliphatic hydroxyl groups is 1. The number of aromatic hydroxyl groups is 1. The third-order valence-corrected chi connectivity index (χ3v) is 6.18. The van der Waals surface area contributed by atoms with Crippen molar-refractivity contribution in [1.29, 1.82) is 0 Å². The third-order valence-electron chi connectivity index (χ3n) is 6.18. The average molecular weight is 600 g/mol. The van der Waals surface area contributed by atoms with Gasteiger partial charge in [-0.15, -0.1) is 0 Å².